The predicted octanol–water partition coefficient (Wildman–Crippen LogP) is 2.96. The fourth-order valence-corrected chi connectivity index (χ4v) is 2.96. The number of aliphatic imine (C=N–C) groups is 1. The summed E-state index contributed by atoms with van der Waals surface area (Å²) in [4.78, 5) is 16.8. The van der Waals surface area contributed by atoms with E-state index >= 15 is 0 Å². The molecular formula is C15H21F3IN7S. The first-order valence-electron chi connectivity index (χ1n) is 7.81. The van der Waals surface area contributed by atoms with Gasteiger partial charge in [-0.15, -0.1) is 35.3 Å². The molecule has 0 saturated carbocycles. The number of rotatable bonds is 6. The van der Waals surface area contributed by atoms with Crippen molar-refractivity contribution in [1.82, 2.24) is 25.6 Å². The first kappa shape index (κ1) is 23.3. The first-order valence-corrected chi connectivity index (χ1v) is 8.62. The lowest BCUT2D eigenvalue weighted by Gasteiger charge is -2.12. The van der Waals surface area contributed by atoms with Crippen molar-refractivity contribution in [1.29, 1.82) is 0 Å². The molecule has 0 aliphatic heterocycles. The monoisotopic (exact) mass is 515 g/mol. The second-order valence-electron chi connectivity index (χ2n) is 5.28. The number of aryl methyl sites for hydroxylation is 2. The molecule has 0 aliphatic carbocycles. The Morgan fingerprint density at radius 1 is 1.19 bits per heavy atom. The van der Waals surface area contributed by atoms with Gasteiger partial charge in [0.25, 0.3) is 0 Å². The number of hydrogen-bond acceptors (Lipinski definition) is 6. The van der Waals surface area contributed by atoms with Gasteiger partial charge in [-0.3, -0.25) is 4.99 Å². The van der Waals surface area contributed by atoms with Gasteiger partial charge in [-0.2, -0.15) is 13.2 Å². The van der Waals surface area contributed by atoms with Crippen molar-refractivity contribution in [3.8, 4) is 0 Å². The second kappa shape index (κ2) is 10.6. The Bertz CT molecular complexity index is 764. The van der Waals surface area contributed by atoms with E-state index in [0.717, 1.165) is 27.8 Å². The molecule has 2 heterocycles. The zero-order valence-electron chi connectivity index (χ0n) is 15.0. The van der Waals surface area contributed by atoms with Crippen LogP contribution in [-0.4, -0.2) is 41.0 Å². The average molecular weight is 515 g/mol. The highest BCUT2D eigenvalue weighted by Gasteiger charge is 2.32. The molecule has 2 aromatic heterocycles. The number of hydrogen-bond donors (Lipinski definition) is 3. The maximum Gasteiger partial charge on any atom is 0.433 e. The van der Waals surface area contributed by atoms with Crippen molar-refractivity contribution in [3.63, 3.8) is 0 Å². The molecule has 3 N–H and O–H groups in total. The van der Waals surface area contributed by atoms with Gasteiger partial charge in [-0.05, 0) is 19.9 Å². The van der Waals surface area contributed by atoms with E-state index in [4.69, 9.17) is 0 Å². The van der Waals surface area contributed by atoms with Gasteiger partial charge in [-0.25, -0.2) is 15.0 Å². The molecule has 2 aromatic rings. The molecule has 12 heteroatoms. The van der Waals surface area contributed by atoms with Crippen molar-refractivity contribution in [2.24, 2.45) is 4.99 Å². The number of thiazole rings is 1. The number of aromatic nitrogens is 3. The minimum absolute atomic E-state index is 0. The van der Waals surface area contributed by atoms with Gasteiger partial charge in [0, 0.05) is 31.2 Å². The minimum Gasteiger partial charge on any atom is -0.355 e. The number of alkyl halides is 3. The lowest BCUT2D eigenvalue weighted by atomic mass is 10.4. The van der Waals surface area contributed by atoms with E-state index in [1.807, 2.05) is 13.8 Å². The number of anilines is 1. The van der Waals surface area contributed by atoms with Crippen molar-refractivity contribution < 1.29 is 13.2 Å². The zero-order valence-corrected chi connectivity index (χ0v) is 18.2. The molecule has 0 unspecified atom stereocenters. The van der Waals surface area contributed by atoms with Gasteiger partial charge >= 0.3 is 6.18 Å². The SMILES string of the molecule is CN=C(NCCNc1nccc(C(F)(F)F)n1)NCc1sc(C)nc1C.I. The molecule has 150 valence electrons. The van der Waals surface area contributed by atoms with Gasteiger partial charge in [0.15, 0.2) is 5.96 Å². The Balaban J connectivity index is 0.00000364. The molecule has 0 aliphatic rings. The molecule has 0 spiro atoms. The van der Waals surface area contributed by atoms with Crippen LogP contribution in [0.1, 0.15) is 21.3 Å². The molecule has 0 atom stereocenters. The van der Waals surface area contributed by atoms with Gasteiger partial charge < -0.3 is 16.0 Å². The van der Waals surface area contributed by atoms with Crippen LogP contribution in [0.15, 0.2) is 17.3 Å². The van der Waals surface area contributed by atoms with Gasteiger partial charge in [-0.1, -0.05) is 0 Å². The third-order valence-corrected chi connectivity index (χ3v) is 4.36. The Hall–Kier alpha value is -1.70. The number of halogens is 4. The first-order chi connectivity index (χ1) is 12.3. The Kier molecular flexibility index (Phi) is 9.15. The minimum atomic E-state index is -4.49. The van der Waals surface area contributed by atoms with E-state index < -0.39 is 11.9 Å². The van der Waals surface area contributed by atoms with Crippen LogP contribution in [0.25, 0.3) is 0 Å². The van der Waals surface area contributed by atoms with E-state index in [1.165, 1.54) is 0 Å². The molecular weight excluding hydrogens is 494 g/mol. The van der Waals surface area contributed by atoms with Crippen molar-refractivity contribution in [2.45, 2.75) is 26.6 Å². The molecule has 0 amide bonds. The zero-order chi connectivity index (χ0) is 19.2. The topological polar surface area (TPSA) is 87.1 Å². The Morgan fingerprint density at radius 3 is 2.52 bits per heavy atom. The fourth-order valence-electron chi connectivity index (χ4n) is 2.08. The van der Waals surface area contributed by atoms with Crippen LogP contribution >= 0.6 is 35.3 Å². The highest BCUT2D eigenvalue weighted by molar-refractivity contribution is 14.0. The summed E-state index contributed by atoms with van der Waals surface area (Å²) >= 11 is 1.62. The molecule has 0 fully saturated rings. The second-order valence-corrected chi connectivity index (χ2v) is 6.57. The van der Waals surface area contributed by atoms with E-state index in [0.29, 0.717) is 25.6 Å². The molecule has 7 nitrogen and oxygen atoms in total. The number of nitrogens with zero attached hydrogens (tertiary/aromatic N) is 4. The summed E-state index contributed by atoms with van der Waals surface area (Å²) in [7, 11) is 1.64. The fraction of sp³-hybridized carbons (Fsp3) is 0.467. The summed E-state index contributed by atoms with van der Waals surface area (Å²) in [5.41, 5.74) is 0.00877. The molecule has 27 heavy (non-hydrogen) atoms. The van der Waals surface area contributed by atoms with Crippen molar-refractivity contribution in [3.05, 3.63) is 33.5 Å². The van der Waals surface area contributed by atoms with Crippen LogP contribution in [0.3, 0.4) is 0 Å². The summed E-state index contributed by atoms with van der Waals surface area (Å²) in [6.45, 7) is 5.27. The normalized spacial score (nSPS) is 11.7. The number of nitrogens with one attached hydrogen (secondary N) is 3. The number of guanidine groups is 1. The Morgan fingerprint density at radius 2 is 1.93 bits per heavy atom. The lowest BCUT2D eigenvalue weighted by Crippen LogP contribution is -2.39. The molecule has 0 radical (unpaired) electrons. The van der Waals surface area contributed by atoms with Crippen LogP contribution in [0.4, 0.5) is 19.1 Å². The summed E-state index contributed by atoms with van der Waals surface area (Å²) in [5.74, 6) is 0.516. The van der Waals surface area contributed by atoms with E-state index in [2.05, 4.69) is 35.9 Å². The summed E-state index contributed by atoms with van der Waals surface area (Å²) in [5, 5.41) is 9.99. The van der Waals surface area contributed by atoms with Crippen molar-refractivity contribution in [2.75, 3.05) is 25.5 Å². The molecule has 0 saturated heterocycles. The molecule has 2 rings (SSSR count). The van der Waals surface area contributed by atoms with Gasteiger partial charge in [0.05, 0.1) is 17.2 Å². The van der Waals surface area contributed by atoms with Gasteiger partial charge in [0.2, 0.25) is 5.95 Å². The van der Waals surface area contributed by atoms with Crippen LogP contribution in [0.2, 0.25) is 0 Å². The summed E-state index contributed by atoms with van der Waals surface area (Å²) in [6.07, 6.45) is -3.41. The summed E-state index contributed by atoms with van der Waals surface area (Å²) in [6, 6.07) is 0.832. The Labute approximate surface area is 176 Å². The maximum atomic E-state index is 12.6. The maximum absolute atomic E-state index is 12.6. The van der Waals surface area contributed by atoms with E-state index in [1.54, 1.807) is 18.4 Å². The predicted molar refractivity (Wildman–Crippen MR) is 111 cm³/mol. The van der Waals surface area contributed by atoms with Crippen LogP contribution in [-0.2, 0) is 12.7 Å². The van der Waals surface area contributed by atoms with E-state index in [-0.39, 0.29) is 29.9 Å². The summed E-state index contributed by atoms with van der Waals surface area (Å²) < 4.78 is 37.8. The average Bonchev–Trinajstić information content (AvgIpc) is 2.91. The van der Waals surface area contributed by atoms with E-state index in [9.17, 15) is 13.2 Å². The third kappa shape index (κ3) is 7.44. The standard InChI is InChI=1S/C15H20F3N7S.HI/c1-9-11(26-10(2)24-9)8-23-13(19-3)21-6-7-22-14-20-5-4-12(25-14)15(16,17)18;/h4-5H,6-8H2,1-3H3,(H2,19,21,23)(H,20,22,25);1H. The quantitative estimate of drug-likeness (QED) is 0.238. The molecule has 0 aromatic carbocycles. The smallest absolute Gasteiger partial charge is 0.355 e. The van der Waals surface area contributed by atoms with Crippen LogP contribution < -0.4 is 16.0 Å². The highest BCUT2D eigenvalue weighted by atomic mass is 127. The third-order valence-electron chi connectivity index (χ3n) is 3.29. The van der Waals surface area contributed by atoms with Crippen molar-refractivity contribution >= 4 is 47.2 Å². The van der Waals surface area contributed by atoms with Crippen LogP contribution in [0, 0.1) is 13.8 Å². The largest absolute Gasteiger partial charge is 0.433 e. The van der Waals surface area contributed by atoms with Crippen LogP contribution in [0.5, 0.6) is 0 Å². The molecule has 0 bridgehead atoms. The highest BCUT2D eigenvalue weighted by Crippen LogP contribution is 2.27. The lowest BCUT2D eigenvalue weighted by molar-refractivity contribution is -0.141. The van der Waals surface area contributed by atoms with Gasteiger partial charge in [0.1, 0.15) is 5.69 Å².